The SMILES string of the molecule is CNc1ncc(Cl)c(-c2ccc3c(c2)C(=O)N(CC(=O)NC(CO)c2cccc(C)c2)C3)n1. The van der Waals surface area contributed by atoms with E-state index in [9.17, 15) is 14.7 Å². The third-order valence-corrected chi connectivity index (χ3v) is 5.80. The Labute approximate surface area is 196 Å². The van der Waals surface area contributed by atoms with Crippen LogP contribution in [0.4, 0.5) is 5.95 Å². The number of hydrogen-bond donors (Lipinski definition) is 3. The average molecular weight is 466 g/mol. The molecule has 0 radical (unpaired) electrons. The van der Waals surface area contributed by atoms with Gasteiger partial charge in [-0.3, -0.25) is 9.59 Å². The third kappa shape index (κ3) is 4.81. The summed E-state index contributed by atoms with van der Waals surface area (Å²) in [6.45, 7) is 1.93. The molecule has 1 aromatic heterocycles. The molecule has 1 aliphatic rings. The largest absolute Gasteiger partial charge is 0.394 e. The number of nitrogens with one attached hydrogen (secondary N) is 2. The van der Waals surface area contributed by atoms with E-state index in [1.54, 1.807) is 13.1 Å². The van der Waals surface area contributed by atoms with Crippen molar-refractivity contribution in [2.24, 2.45) is 0 Å². The van der Waals surface area contributed by atoms with E-state index < -0.39 is 6.04 Å². The molecule has 1 unspecified atom stereocenters. The molecule has 0 spiro atoms. The Kier molecular flexibility index (Phi) is 6.57. The van der Waals surface area contributed by atoms with Crippen molar-refractivity contribution in [3.63, 3.8) is 0 Å². The molecule has 1 aliphatic heterocycles. The minimum atomic E-state index is -0.537. The van der Waals surface area contributed by atoms with Crippen molar-refractivity contribution >= 4 is 29.4 Å². The first-order valence-corrected chi connectivity index (χ1v) is 10.9. The number of aryl methyl sites for hydroxylation is 1. The van der Waals surface area contributed by atoms with E-state index in [0.29, 0.717) is 34.3 Å². The van der Waals surface area contributed by atoms with Gasteiger partial charge in [0.2, 0.25) is 11.9 Å². The maximum absolute atomic E-state index is 13.0. The fraction of sp³-hybridized carbons (Fsp3) is 0.250. The summed E-state index contributed by atoms with van der Waals surface area (Å²) >= 11 is 6.27. The minimum Gasteiger partial charge on any atom is -0.394 e. The van der Waals surface area contributed by atoms with Crippen molar-refractivity contribution < 1.29 is 14.7 Å². The first-order valence-electron chi connectivity index (χ1n) is 10.5. The highest BCUT2D eigenvalue weighted by Crippen LogP contribution is 2.31. The van der Waals surface area contributed by atoms with Gasteiger partial charge in [-0.2, -0.15) is 0 Å². The van der Waals surface area contributed by atoms with Crippen molar-refractivity contribution in [2.45, 2.75) is 19.5 Å². The van der Waals surface area contributed by atoms with Crippen LogP contribution in [0.1, 0.15) is 33.1 Å². The Morgan fingerprint density at radius 1 is 1.27 bits per heavy atom. The fourth-order valence-electron chi connectivity index (χ4n) is 3.86. The summed E-state index contributed by atoms with van der Waals surface area (Å²) in [5, 5.41) is 15.8. The maximum Gasteiger partial charge on any atom is 0.254 e. The lowest BCUT2D eigenvalue weighted by Crippen LogP contribution is -2.40. The normalized spacial score (nSPS) is 13.6. The predicted octanol–water partition coefficient (Wildman–Crippen LogP) is 2.95. The summed E-state index contributed by atoms with van der Waals surface area (Å²) in [7, 11) is 1.71. The van der Waals surface area contributed by atoms with Crippen LogP contribution in [0, 0.1) is 6.92 Å². The van der Waals surface area contributed by atoms with Gasteiger partial charge in [-0.15, -0.1) is 0 Å². The number of aliphatic hydroxyl groups is 1. The molecule has 0 saturated carbocycles. The predicted molar refractivity (Wildman–Crippen MR) is 126 cm³/mol. The molecule has 4 rings (SSSR count). The standard InChI is InChI=1S/C24H24ClN5O3/c1-14-4-3-5-15(8-14)20(13-31)28-21(32)12-30-11-17-7-6-16(9-18(17)23(30)33)22-19(25)10-27-24(26-2)29-22/h3-10,20,31H,11-13H2,1-2H3,(H,28,32)(H,26,27,29). The second-order valence-corrected chi connectivity index (χ2v) is 8.30. The van der Waals surface area contributed by atoms with Crippen LogP contribution in [-0.2, 0) is 11.3 Å². The number of fused-ring (bicyclic) bond motifs is 1. The lowest BCUT2D eigenvalue weighted by Gasteiger charge is -2.20. The molecule has 2 aromatic carbocycles. The summed E-state index contributed by atoms with van der Waals surface area (Å²) in [6.07, 6.45) is 1.51. The first-order chi connectivity index (χ1) is 15.9. The monoisotopic (exact) mass is 465 g/mol. The van der Waals surface area contributed by atoms with Gasteiger partial charge in [0, 0.05) is 24.7 Å². The Morgan fingerprint density at radius 2 is 2.09 bits per heavy atom. The molecule has 3 N–H and O–H groups in total. The molecule has 1 atom stereocenters. The van der Waals surface area contributed by atoms with Gasteiger partial charge in [-0.05, 0) is 24.1 Å². The summed E-state index contributed by atoms with van der Waals surface area (Å²) in [6, 6.07) is 12.5. The van der Waals surface area contributed by atoms with Crippen LogP contribution in [0.15, 0.2) is 48.7 Å². The second kappa shape index (κ2) is 9.56. The molecule has 33 heavy (non-hydrogen) atoms. The molecule has 2 heterocycles. The number of carbonyl (C=O) groups is 2. The topological polar surface area (TPSA) is 107 Å². The number of aromatic nitrogens is 2. The van der Waals surface area contributed by atoms with Crippen LogP contribution in [0.5, 0.6) is 0 Å². The van der Waals surface area contributed by atoms with Crippen LogP contribution in [0.25, 0.3) is 11.3 Å². The zero-order valence-corrected chi connectivity index (χ0v) is 19.1. The van der Waals surface area contributed by atoms with E-state index in [1.807, 2.05) is 43.3 Å². The van der Waals surface area contributed by atoms with Crippen LogP contribution in [0.3, 0.4) is 0 Å². The highest BCUT2D eigenvalue weighted by atomic mass is 35.5. The number of nitrogens with zero attached hydrogens (tertiary/aromatic N) is 3. The minimum absolute atomic E-state index is 0.108. The zero-order valence-electron chi connectivity index (χ0n) is 18.3. The van der Waals surface area contributed by atoms with Gasteiger partial charge in [0.05, 0.1) is 29.6 Å². The molecule has 170 valence electrons. The number of anilines is 1. The van der Waals surface area contributed by atoms with E-state index in [-0.39, 0.29) is 25.0 Å². The fourth-order valence-corrected chi connectivity index (χ4v) is 4.06. The zero-order chi connectivity index (χ0) is 23.5. The van der Waals surface area contributed by atoms with Crippen LogP contribution in [-0.4, -0.2) is 52.0 Å². The van der Waals surface area contributed by atoms with Gasteiger partial charge in [0.25, 0.3) is 5.91 Å². The van der Waals surface area contributed by atoms with Gasteiger partial charge in [-0.25, -0.2) is 9.97 Å². The molecular formula is C24H24ClN5O3. The molecule has 2 amide bonds. The maximum atomic E-state index is 13.0. The third-order valence-electron chi connectivity index (χ3n) is 5.53. The highest BCUT2D eigenvalue weighted by molar-refractivity contribution is 6.33. The quantitative estimate of drug-likeness (QED) is 0.495. The summed E-state index contributed by atoms with van der Waals surface area (Å²) in [4.78, 5) is 35.6. The molecule has 0 saturated heterocycles. The number of aliphatic hydroxyl groups excluding tert-OH is 1. The van der Waals surface area contributed by atoms with Crippen molar-refractivity contribution in [2.75, 3.05) is 25.5 Å². The van der Waals surface area contributed by atoms with E-state index in [1.165, 1.54) is 11.1 Å². The Balaban J connectivity index is 1.48. The number of benzene rings is 2. The van der Waals surface area contributed by atoms with E-state index >= 15 is 0 Å². The summed E-state index contributed by atoms with van der Waals surface area (Å²) < 4.78 is 0. The van der Waals surface area contributed by atoms with Gasteiger partial charge in [-0.1, -0.05) is 53.6 Å². The average Bonchev–Trinajstić information content (AvgIpc) is 3.12. The van der Waals surface area contributed by atoms with Crippen LogP contribution >= 0.6 is 11.6 Å². The molecule has 3 aromatic rings. The number of carbonyl (C=O) groups excluding carboxylic acids is 2. The molecule has 0 bridgehead atoms. The molecule has 8 nitrogen and oxygen atoms in total. The second-order valence-electron chi connectivity index (χ2n) is 7.89. The Hall–Kier alpha value is -3.49. The number of amides is 2. The van der Waals surface area contributed by atoms with E-state index in [0.717, 1.165) is 16.7 Å². The summed E-state index contributed by atoms with van der Waals surface area (Å²) in [5.74, 6) is -0.155. The van der Waals surface area contributed by atoms with Crippen molar-refractivity contribution in [1.29, 1.82) is 0 Å². The Bertz CT molecular complexity index is 1220. The number of halogens is 1. The van der Waals surface area contributed by atoms with Crippen LogP contribution in [0.2, 0.25) is 5.02 Å². The van der Waals surface area contributed by atoms with Gasteiger partial charge >= 0.3 is 0 Å². The lowest BCUT2D eigenvalue weighted by molar-refractivity contribution is -0.122. The van der Waals surface area contributed by atoms with Crippen molar-refractivity contribution in [3.8, 4) is 11.3 Å². The molecular weight excluding hydrogens is 442 g/mol. The van der Waals surface area contributed by atoms with Crippen LogP contribution < -0.4 is 10.6 Å². The van der Waals surface area contributed by atoms with Gasteiger partial charge < -0.3 is 20.6 Å². The van der Waals surface area contributed by atoms with E-state index in [2.05, 4.69) is 20.6 Å². The smallest absolute Gasteiger partial charge is 0.254 e. The van der Waals surface area contributed by atoms with Crippen molar-refractivity contribution in [1.82, 2.24) is 20.2 Å². The number of rotatable bonds is 7. The first kappa shape index (κ1) is 22.7. The van der Waals surface area contributed by atoms with Crippen molar-refractivity contribution in [3.05, 3.63) is 75.9 Å². The number of hydrogen-bond acceptors (Lipinski definition) is 6. The Morgan fingerprint density at radius 3 is 2.82 bits per heavy atom. The lowest BCUT2D eigenvalue weighted by atomic mass is 10.0. The molecule has 9 heteroatoms. The van der Waals surface area contributed by atoms with E-state index in [4.69, 9.17) is 11.6 Å². The van der Waals surface area contributed by atoms with Gasteiger partial charge in [0.1, 0.15) is 6.54 Å². The van der Waals surface area contributed by atoms with Gasteiger partial charge in [0.15, 0.2) is 0 Å². The summed E-state index contributed by atoms with van der Waals surface area (Å²) in [5.41, 5.74) is 4.40. The molecule has 0 aliphatic carbocycles. The highest BCUT2D eigenvalue weighted by Gasteiger charge is 2.30. The molecule has 0 fully saturated rings.